The van der Waals surface area contributed by atoms with Crippen LogP contribution < -0.4 is 0 Å². The molecule has 10 heavy (non-hydrogen) atoms. The summed E-state index contributed by atoms with van der Waals surface area (Å²) in [5.74, 6) is 0.655. The summed E-state index contributed by atoms with van der Waals surface area (Å²) in [5, 5.41) is 0. The molecule has 0 bridgehead atoms. The Morgan fingerprint density at radius 2 is 1.90 bits per heavy atom. The number of hydrogen-bond donors (Lipinski definition) is 0. The second kappa shape index (κ2) is 4.32. The fraction of sp³-hybridized carbons (Fsp3) is 0.600. The van der Waals surface area contributed by atoms with Crippen molar-refractivity contribution in [1.29, 1.82) is 0 Å². The highest BCUT2D eigenvalue weighted by Gasteiger charge is 1.96. The van der Waals surface area contributed by atoms with Crippen LogP contribution in [0.4, 0.5) is 0 Å². The number of hydrogen-bond acceptors (Lipinski definition) is 0. The predicted octanol–water partition coefficient (Wildman–Crippen LogP) is 3.55. The summed E-state index contributed by atoms with van der Waals surface area (Å²) in [6.45, 7) is 12.4. The molecule has 0 N–H and O–H groups in total. The van der Waals surface area contributed by atoms with Gasteiger partial charge in [-0.1, -0.05) is 24.1 Å². The molecule has 0 spiro atoms. The SMILES string of the molecule is C=C(C)CC(C)C=C(C)C. The molecule has 0 aliphatic heterocycles. The third-order valence-electron chi connectivity index (χ3n) is 1.29. The molecule has 0 aromatic carbocycles. The van der Waals surface area contributed by atoms with Crippen molar-refractivity contribution in [2.24, 2.45) is 5.92 Å². The van der Waals surface area contributed by atoms with Crippen molar-refractivity contribution in [3.8, 4) is 0 Å². The summed E-state index contributed by atoms with van der Waals surface area (Å²) in [6, 6.07) is 0. The fourth-order valence-electron chi connectivity index (χ4n) is 1.18. The molecule has 0 fully saturated rings. The minimum absolute atomic E-state index is 0.655. The molecule has 0 saturated heterocycles. The predicted molar refractivity (Wildman–Crippen MR) is 48.0 cm³/mol. The fourth-order valence-corrected chi connectivity index (χ4v) is 1.18. The molecule has 0 amide bonds. The summed E-state index contributed by atoms with van der Waals surface area (Å²) in [7, 11) is 0. The van der Waals surface area contributed by atoms with Gasteiger partial charge in [-0.3, -0.25) is 0 Å². The minimum Gasteiger partial charge on any atom is -0.100 e. The zero-order valence-electron chi connectivity index (χ0n) is 7.57. The Morgan fingerprint density at radius 3 is 2.20 bits per heavy atom. The van der Waals surface area contributed by atoms with E-state index in [2.05, 4.69) is 40.3 Å². The van der Waals surface area contributed by atoms with Gasteiger partial charge in [0.1, 0.15) is 0 Å². The third-order valence-corrected chi connectivity index (χ3v) is 1.29. The van der Waals surface area contributed by atoms with Crippen LogP contribution in [0.3, 0.4) is 0 Å². The Morgan fingerprint density at radius 1 is 1.40 bits per heavy atom. The highest BCUT2D eigenvalue weighted by atomic mass is 14.0. The molecular weight excluding hydrogens is 120 g/mol. The molecule has 0 saturated carbocycles. The van der Waals surface area contributed by atoms with Gasteiger partial charge in [-0.15, -0.1) is 6.58 Å². The monoisotopic (exact) mass is 138 g/mol. The second-order valence-electron chi connectivity index (χ2n) is 3.38. The van der Waals surface area contributed by atoms with E-state index in [1.54, 1.807) is 0 Å². The summed E-state index contributed by atoms with van der Waals surface area (Å²) in [5.41, 5.74) is 2.67. The Balaban J connectivity index is 3.75. The normalized spacial score (nSPS) is 12.4. The van der Waals surface area contributed by atoms with E-state index in [0.717, 1.165) is 6.42 Å². The first-order valence-electron chi connectivity index (χ1n) is 3.81. The van der Waals surface area contributed by atoms with Gasteiger partial charge >= 0.3 is 0 Å². The zero-order chi connectivity index (χ0) is 8.15. The average Bonchev–Trinajstić information content (AvgIpc) is 1.58. The third kappa shape index (κ3) is 5.61. The quantitative estimate of drug-likeness (QED) is 0.523. The molecule has 1 atom stereocenters. The molecule has 0 aliphatic carbocycles. The van der Waals surface area contributed by atoms with Gasteiger partial charge in [0.05, 0.1) is 0 Å². The number of rotatable bonds is 3. The zero-order valence-corrected chi connectivity index (χ0v) is 7.57. The molecule has 0 heteroatoms. The molecule has 0 rings (SSSR count). The molecule has 0 aliphatic rings. The summed E-state index contributed by atoms with van der Waals surface area (Å²) in [6.07, 6.45) is 3.40. The van der Waals surface area contributed by atoms with Gasteiger partial charge in [-0.25, -0.2) is 0 Å². The standard InChI is InChI=1S/C10H18/c1-8(2)6-10(5)7-9(3)4/h7,10H,1,6H2,2-5H3. The van der Waals surface area contributed by atoms with E-state index >= 15 is 0 Å². The average molecular weight is 138 g/mol. The van der Waals surface area contributed by atoms with Gasteiger partial charge in [0.25, 0.3) is 0 Å². The van der Waals surface area contributed by atoms with Gasteiger partial charge in [0.2, 0.25) is 0 Å². The Labute approximate surface area is 64.6 Å². The van der Waals surface area contributed by atoms with E-state index in [0.29, 0.717) is 5.92 Å². The highest BCUT2D eigenvalue weighted by Crippen LogP contribution is 2.11. The first-order chi connectivity index (χ1) is 4.52. The van der Waals surface area contributed by atoms with Crippen LogP contribution in [-0.2, 0) is 0 Å². The molecule has 1 unspecified atom stereocenters. The maximum atomic E-state index is 3.87. The second-order valence-corrected chi connectivity index (χ2v) is 3.38. The first kappa shape index (κ1) is 9.48. The van der Waals surface area contributed by atoms with Crippen molar-refractivity contribution >= 4 is 0 Å². The lowest BCUT2D eigenvalue weighted by atomic mass is 10.0. The minimum atomic E-state index is 0.655. The number of allylic oxidation sites excluding steroid dienone is 3. The van der Waals surface area contributed by atoms with Crippen molar-refractivity contribution in [3.63, 3.8) is 0 Å². The summed E-state index contributed by atoms with van der Waals surface area (Å²) in [4.78, 5) is 0. The van der Waals surface area contributed by atoms with Gasteiger partial charge in [0.15, 0.2) is 0 Å². The van der Waals surface area contributed by atoms with E-state index in [1.807, 2.05) is 0 Å². The Hall–Kier alpha value is -0.520. The lowest BCUT2D eigenvalue weighted by Crippen LogP contribution is -1.90. The van der Waals surface area contributed by atoms with Crippen LogP contribution in [0.2, 0.25) is 0 Å². The highest BCUT2D eigenvalue weighted by molar-refractivity contribution is 5.01. The van der Waals surface area contributed by atoms with Gasteiger partial charge in [-0.2, -0.15) is 0 Å². The van der Waals surface area contributed by atoms with Crippen LogP contribution in [0.1, 0.15) is 34.1 Å². The van der Waals surface area contributed by atoms with E-state index in [-0.39, 0.29) is 0 Å². The Kier molecular flexibility index (Phi) is 4.10. The van der Waals surface area contributed by atoms with Crippen molar-refractivity contribution < 1.29 is 0 Å². The van der Waals surface area contributed by atoms with Gasteiger partial charge in [0, 0.05) is 0 Å². The summed E-state index contributed by atoms with van der Waals surface area (Å²) < 4.78 is 0. The first-order valence-corrected chi connectivity index (χ1v) is 3.81. The lowest BCUT2D eigenvalue weighted by Gasteiger charge is -2.05. The lowest BCUT2D eigenvalue weighted by molar-refractivity contribution is 0.712. The van der Waals surface area contributed by atoms with Gasteiger partial charge in [-0.05, 0) is 33.1 Å². The van der Waals surface area contributed by atoms with Crippen LogP contribution in [-0.4, -0.2) is 0 Å². The summed E-state index contributed by atoms with van der Waals surface area (Å²) >= 11 is 0. The van der Waals surface area contributed by atoms with Crippen molar-refractivity contribution in [1.82, 2.24) is 0 Å². The van der Waals surface area contributed by atoms with Crippen LogP contribution in [0, 0.1) is 5.92 Å². The molecule has 0 nitrogen and oxygen atoms in total. The Bertz CT molecular complexity index is 136. The van der Waals surface area contributed by atoms with Crippen molar-refractivity contribution in [3.05, 3.63) is 23.8 Å². The van der Waals surface area contributed by atoms with Gasteiger partial charge < -0.3 is 0 Å². The van der Waals surface area contributed by atoms with E-state index in [4.69, 9.17) is 0 Å². The molecule has 58 valence electrons. The molecule has 0 aromatic rings. The maximum absolute atomic E-state index is 3.87. The van der Waals surface area contributed by atoms with E-state index in [9.17, 15) is 0 Å². The van der Waals surface area contributed by atoms with Crippen molar-refractivity contribution in [2.45, 2.75) is 34.1 Å². The largest absolute Gasteiger partial charge is 0.100 e. The maximum Gasteiger partial charge on any atom is -0.0222 e. The smallest absolute Gasteiger partial charge is 0.0222 e. The van der Waals surface area contributed by atoms with Crippen LogP contribution in [0.15, 0.2) is 23.8 Å². The van der Waals surface area contributed by atoms with Crippen LogP contribution in [0.5, 0.6) is 0 Å². The van der Waals surface area contributed by atoms with E-state index in [1.165, 1.54) is 11.1 Å². The van der Waals surface area contributed by atoms with Crippen LogP contribution >= 0.6 is 0 Å². The van der Waals surface area contributed by atoms with Crippen LogP contribution in [0.25, 0.3) is 0 Å². The molecular formula is C10H18. The van der Waals surface area contributed by atoms with E-state index < -0.39 is 0 Å². The molecule has 0 aromatic heterocycles. The molecule has 0 radical (unpaired) electrons. The molecule has 0 heterocycles. The van der Waals surface area contributed by atoms with Crippen molar-refractivity contribution in [2.75, 3.05) is 0 Å². The topological polar surface area (TPSA) is 0 Å².